The molecular formula is C48H84N2O7. The molecule has 0 aliphatic heterocycles. The first-order valence-electron chi connectivity index (χ1n) is 23.0. The van der Waals surface area contributed by atoms with Crippen molar-refractivity contribution < 1.29 is 34.1 Å². The molecule has 0 spiro atoms. The molecule has 2 unspecified atom stereocenters. The monoisotopic (exact) mass is 801 g/mol. The number of hydrogen-bond donors (Lipinski definition) is 4. The molecule has 2 amide bonds. The van der Waals surface area contributed by atoms with E-state index in [1.165, 1.54) is 70.6 Å². The summed E-state index contributed by atoms with van der Waals surface area (Å²) in [6.07, 6.45) is 49.9. The second kappa shape index (κ2) is 42.4. The van der Waals surface area contributed by atoms with Gasteiger partial charge in [-0.25, -0.2) is 4.79 Å². The van der Waals surface area contributed by atoms with Crippen LogP contribution >= 0.6 is 0 Å². The quantitative estimate of drug-likeness (QED) is 0.0274. The Morgan fingerprint density at radius 3 is 1.51 bits per heavy atom. The number of nitrogens with one attached hydrogen (secondary N) is 2. The molecule has 0 aromatic rings. The van der Waals surface area contributed by atoms with Gasteiger partial charge in [0.25, 0.3) is 0 Å². The topological polar surface area (TPSA) is 142 Å². The third-order valence-electron chi connectivity index (χ3n) is 10.1. The Bertz CT molecular complexity index is 1100. The van der Waals surface area contributed by atoms with Gasteiger partial charge in [-0.15, -0.1) is 0 Å². The van der Waals surface area contributed by atoms with E-state index in [4.69, 9.17) is 14.9 Å². The van der Waals surface area contributed by atoms with Gasteiger partial charge in [-0.3, -0.25) is 14.4 Å². The number of rotatable bonds is 41. The van der Waals surface area contributed by atoms with Crippen LogP contribution in [0.3, 0.4) is 0 Å². The first-order valence-corrected chi connectivity index (χ1v) is 23.0. The fourth-order valence-electron chi connectivity index (χ4n) is 6.59. The van der Waals surface area contributed by atoms with Gasteiger partial charge in [-0.2, -0.15) is 0 Å². The largest absolute Gasteiger partial charge is 0.480 e. The van der Waals surface area contributed by atoms with Crippen molar-refractivity contribution in [3.63, 3.8) is 0 Å². The molecule has 0 aromatic carbocycles. The highest BCUT2D eigenvalue weighted by Crippen LogP contribution is 2.19. The number of unbranched alkanes of at least 4 members (excludes halogenated alkanes) is 19. The van der Waals surface area contributed by atoms with Crippen molar-refractivity contribution in [1.29, 1.82) is 0 Å². The minimum absolute atomic E-state index is 0.0257. The summed E-state index contributed by atoms with van der Waals surface area (Å²) < 4.78 is 6.03. The molecule has 4 N–H and O–H groups in total. The number of ether oxygens (including phenoxy) is 1. The lowest BCUT2D eigenvalue weighted by molar-refractivity contribution is -0.150. The van der Waals surface area contributed by atoms with Crippen LogP contribution in [-0.2, 0) is 23.9 Å². The highest BCUT2D eigenvalue weighted by molar-refractivity contribution is 5.87. The first kappa shape index (κ1) is 53.8. The van der Waals surface area contributed by atoms with Crippen LogP contribution in [0.15, 0.2) is 48.6 Å². The van der Waals surface area contributed by atoms with Crippen molar-refractivity contribution in [2.45, 2.75) is 219 Å². The molecule has 0 rings (SSSR count). The molecule has 0 saturated carbocycles. The lowest BCUT2D eigenvalue weighted by atomic mass is 10.0. The summed E-state index contributed by atoms with van der Waals surface area (Å²) in [5, 5.41) is 22.6. The summed E-state index contributed by atoms with van der Waals surface area (Å²) >= 11 is 0. The molecule has 0 heterocycles. The van der Waals surface area contributed by atoms with Crippen LogP contribution in [0, 0.1) is 0 Å². The molecular weight excluding hydrogens is 717 g/mol. The number of aliphatic hydroxyl groups is 1. The maximum Gasteiger partial charge on any atom is 0.328 e. The number of carboxylic acid groups (broad SMARTS) is 1. The summed E-state index contributed by atoms with van der Waals surface area (Å²) in [4.78, 5) is 47.6. The highest BCUT2D eigenvalue weighted by Gasteiger charge is 2.19. The van der Waals surface area contributed by atoms with Crippen LogP contribution in [-0.4, -0.2) is 59.3 Å². The smallest absolute Gasteiger partial charge is 0.328 e. The SMILES string of the molecule is CC/C=C\C/C=C\C/C=C\C/C=C\CCCCCCC(=O)OC(CCCCCCCCCCCCCC)CCCCCCCC(=O)NCC(=O)NC(CO)C(=O)O. The molecule has 0 aliphatic carbocycles. The van der Waals surface area contributed by atoms with Gasteiger partial charge in [0.2, 0.25) is 11.8 Å². The predicted molar refractivity (Wildman–Crippen MR) is 236 cm³/mol. The average Bonchev–Trinajstić information content (AvgIpc) is 3.20. The fourth-order valence-corrected chi connectivity index (χ4v) is 6.59. The van der Waals surface area contributed by atoms with E-state index in [0.717, 1.165) is 103 Å². The number of carboxylic acids is 1. The Labute approximate surface area is 348 Å². The van der Waals surface area contributed by atoms with Gasteiger partial charge in [0, 0.05) is 12.8 Å². The predicted octanol–water partition coefficient (Wildman–Crippen LogP) is 11.5. The molecule has 0 radical (unpaired) electrons. The third kappa shape index (κ3) is 39.4. The van der Waals surface area contributed by atoms with Gasteiger partial charge in [-0.1, -0.05) is 165 Å². The standard InChI is InChI=1S/C48H84N2O7/c1-3-5-7-9-11-13-15-17-18-19-20-21-23-25-27-32-36-40-47(54)57-43(37-33-29-26-24-22-16-14-12-10-8-6-4-2)38-34-30-28-31-35-39-45(52)49-41-46(53)50-44(42-51)48(55)56/h5,7,11,13,17-18,20-21,43-44,51H,3-4,6,8-10,12,14-16,19,22-42H2,1-2H3,(H,49,52)(H,50,53)(H,55,56)/b7-5-,13-11-,18-17-,21-20-. The zero-order chi connectivity index (χ0) is 41.9. The van der Waals surface area contributed by atoms with Crippen LogP contribution < -0.4 is 10.6 Å². The van der Waals surface area contributed by atoms with Crippen LogP contribution in [0.1, 0.15) is 206 Å². The van der Waals surface area contributed by atoms with Crippen LogP contribution in [0.25, 0.3) is 0 Å². The maximum absolute atomic E-state index is 12.8. The van der Waals surface area contributed by atoms with E-state index < -0.39 is 24.5 Å². The number of esters is 1. The van der Waals surface area contributed by atoms with E-state index in [1.807, 2.05) is 0 Å². The van der Waals surface area contributed by atoms with E-state index in [2.05, 4.69) is 73.1 Å². The average molecular weight is 801 g/mol. The van der Waals surface area contributed by atoms with E-state index in [9.17, 15) is 19.2 Å². The van der Waals surface area contributed by atoms with Gasteiger partial charge >= 0.3 is 11.9 Å². The Morgan fingerprint density at radius 2 is 1.00 bits per heavy atom. The zero-order valence-electron chi connectivity index (χ0n) is 36.3. The summed E-state index contributed by atoms with van der Waals surface area (Å²) in [5.74, 6) is -2.31. The number of aliphatic carboxylic acids is 1. The van der Waals surface area contributed by atoms with Gasteiger partial charge in [0.15, 0.2) is 0 Å². The Kier molecular flexibility index (Phi) is 40.0. The molecule has 0 fully saturated rings. The third-order valence-corrected chi connectivity index (χ3v) is 10.1. The molecule has 0 saturated heterocycles. The number of amides is 2. The van der Waals surface area contributed by atoms with Gasteiger partial charge < -0.3 is 25.6 Å². The van der Waals surface area contributed by atoms with Crippen molar-refractivity contribution >= 4 is 23.8 Å². The molecule has 328 valence electrons. The molecule has 9 nitrogen and oxygen atoms in total. The number of allylic oxidation sites excluding steroid dienone is 8. The maximum atomic E-state index is 12.8. The van der Waals surface area contributed by atoms with Gasteiger partial charge in [0.1, 0.15) is 12.1 Å². The van der Waals surface area contributed by atoms with Crippen LogP contribution in [0.5, 0.6) is 0 Å². The van der Waals surface area contributed by atoms with Gasteiger partial charge in [0.05, 0.1) is 13.2 Å². The molecule has 0 aliphatic rings. The number of hydrogen-bond acceptors (Lipinski definition) is 6. The molecule has 9 heteroatoms. The molecule has 57 heavy (non-hydrogen) atoms. The Hall–Kier alpha value is -3.20. The second-order valence-electron chi connectivity index (χ2n) is 15.5. The van der Waals surface area contributed by atoms with Crippen molar-refractivity contribution in [3.8, 4) is 0 Å². The first-order chi connectivity index (χ1) is 27.8. The molecule has 2 atom stereocenters. The van der Waals surface area contributed by atoms with E-state index in [0.29, 0.717) is 19.3 Å². The second-order valence-corrected chi connectivity index (χ2v) is 15.5. The van der Waals surface area contributed by atoms with E-state index in [1.54, 1.807) is 0 Å². The highest BCUT2D eigenvalue weighted by atomic mass is 16.5. The van der Waals surface area contributed by atoms with Crippen molar-refractivity contribution in [3.05, 3.63) is 48.6 Å². The summed E-state index contributed by atoms with van der Waals surface area (Å²) in [5.41, 5.74) is 0. The summed E-state index contributed by atoms with van der Waals surface area (Å²) in [6.45, 7) is 3.37. The van der Waals surface area contributed by atoms with Crippen molar-refractivity contribution in [2.75, 3.05) is 13.2 Å². The Morgan fingerprint density at radius 1 is 0.544 bits per heavy atom. The lowest BCUT2D eigenvalue weighted by Crippen LogP contribution is -2.47. The fraction of sp³-hybridized carbons (Fsp3) is 0.750. The summed E-state index contributed by atoms with van der Waals surface area (Å²) in [6, 6.07) is -1.38. The van der Waals surface area contributed by atoms with Crippen molar-refractivity contribution in [2.24, 2.45) is 0 Å². The van der Waals surface area contributed by atoms with E-state index in [-0.39, 0.29) is 24.5 Å². The van der Waals surface area contributed by atoms with Crippen molar-refractivity contribution in [1.82, 2.24) is 10.6 Å². The zero-order valence-corrected chi connectivity index (χ0v) is 36.3. The van der Waals surface area contributed by atoms with Gasteiger partial charge in [-0.05, 0) is 77.0 Å². The normalized spacial score (nSPS) is 12.9. The molecule has 0 bridgehead atoms. The number of aliphatic hydroxyl groups excluding tert-OH is 1. The number of carbonyl (C=O) groups is 4. The lowest BCUT2D eigenvalue weighted by Gasteiger charge is -2.18. The van der Waals surface area contributed by atoms with Crippen LogP contribution in [0.2, 0.25) is 0 Å². The summed E-state index contributed by atoms with van der Waals surface area (Å²) in [7, 11) is 0. The van der Waals surface area contributed by atoms with Crippen LogP contribution in [0.4, 0.5) is 0 Å². The minimum atomic E-state index is -1.38. The van der Waals surface area contributed by atoms with E-state index >= 15 is 0 Å². The Balaban J connectivity index is 4.35. The minimum Gasteiger partial charge on any atom is -0.480 e. The molecule has 0 aromatic heterocycles. The number of carbonyl (C=O) groups excluding carboxylic acids is 3.